The molecule has 94 valence electrons. The Morgan fingerprint density at radius 1 is 1.33 bits per heavy atom. The highest BCUT2D eigenvalue weighted by Crippen LogP contribution is 2.28. The van der Waals surface area contributed by atoms with Gasteiger partial charge in [0.2, 0.25) is 0 Å². The maximum Gasteiger partial charge on any atom is 0.196 e. The zero-order chi connectivity index (χ0) is 13.0. The molecule has 0 amide bonds. The molecule has 1 heterocycles. The molecule has 0 aromatic heterocycles. The number of ether oxygens (including phenoxy) is 1. The lowest BCUT2D eigenvalue weighted by Gasteiger charge is -2.13. The van der Waals surface area contributed by atoms with Gasteiger partial charge in [0.05, 0.1) is 5.70 Å². The molecule has 18 heavy (non-hydrogen) atoms. The third-order valence-electron chi connectivity index (χ3n) is 3.01. The van der Waals surface area contributed by atoms with Crippen molar-refractivity contribution in [2.75, 3.05) is 0 Å². The van der Waals surface area contributed by atoms with Crippen molar-refractivity contribution in [3.05, 3.63) is 71.7 Å². The van der Waals surface area contributed by atoms with Crippen molar-refractivity contribution < 1.29 is 4.74 Å². The standard InChI is InChI=1S/C16H19NO/c1-4-7-14-15(6-3)18-16(17-14)13-10-8-12(5-2)9-11-13/h4,6-11,16-17H,3,5H2,1-2H3/b7-4-. The van der Waals surface area contributed by atoms with E-state index in [9.17, 15) is 0 Å². The Morgan fingerprint density at radius 3 is 2.61 bits per heavy atom. The molecule has 1 aliphatic rings. The van der Waals surface area contributed by atoms with Crippen LogP contribution in [-0.4, -0.2) is 0 Å². The zero-order valence-corrected chi connectivity index (χ0v) is 10.9. The van der Waals surface area contributed by atoms with Crippen molar-refractivity contribution >= 4 is 0 Å². The molecule has 0 saturated carbocycles. The van der Waals surface area contributed by atoms with E-state index >= 15 is 0 Å². The van der Waals surface area contributed by atoms with Crippen LogP contribution in [0.2, 0.25) is 0 Å². The van der Waals surface area contributed by atoms with Crippen molar-refractivity contribution in [2.45, 2.75) is 26.5 Å². The predicted molar refractivity (Wildman–Crippen MR) is 74.8 cm³/mol. The van der Waals surface area contributed by atoms with E-state index in [1.165, 1.54) is 5.56 Å². The molecule has 1 aromatic rings. The third kappa shape index (κ3) is 2.48. The average Bonchev–Trinajstić information content (AvgIpc) is 2.82. The first kappa shape index (κ1) is 12.5. The summed E-state index contributed by atoms with van der Waals surface area (Å²) in [6, 6.07) is 8.49. The maximum atomic E-state index is 5.83. The molecule has 1 aromatic carbocycles. The minimum absolute atomic E-state index is 0.116. The molecule has 1 unspecified atom stereocenters. The second-order valence-corrected chi connectivity index (χ2v) is 4.22. The van der Waals surface area contributed by atoms with Crippen molar-refractivity contribution in [2.24, 2.45) is 0 Å². The van der Waals surface area contributed by atoms with E-state index in [2.05, 4.69) is 43.1 Å². The van der Waals surface area contributed by atoms with Crippen LogP contribution in [-0.2, 0) is 11.2 Å². The van der Waals surface area contributed by atoms with E-state index in [1.54, 1.807) is 6.08 Å². The first-order chi connectivity index (χ1) is 8.78. The highest BCUT2D eigenvalue weighted by atomic mass is 16.5. The number of aryl methyl sites for hydroxylation is 1. The molecule has 0 bridgehead atoms. The molecule has 2 rings (SSSR count). The summed E-state index contributed by atoms with van der Waals surface area (Å²) in [7, 11) is 0. The van der Waals surface area contributed by atoms with Gasteiger partial charge in [-0.1, -0.05) is 43.8 Å². The summed E-state index contributed by atoms with van der Waals surface area (Å²) in [6.45, 7) is 7.91. The van der Waals surface area contributed by atoms with Crippen LogP contribution < -0.4 is 5.32 Å². The Bertz CT molecular complexity index is 482. The minimum atomic E-state index is -0.116. The Morgan fingerprint density at radius 2 is 2.06 bits per heavy atom. The lowest BCUT2D eigenvalue weighted by molar-refractivity contribution is 0.137. The number of nitrogens with one attached hydrogen (secondary N) is 1. The van der Waals surface area contributed by atoms with Crippen molar-refractivity contribution in [3.8, 4) is 0 Å². The quantitative estimate of drug-likeness (QED) is 0.864. The molecular weight excluding hydrogens is 222 g/mol. The van der Waals surface area contributed by atoms with Crippen LogP contribution in [0.25, 0.3) is 0 Å². The van der Waals surface area contributed by atoms with Crippen molar-refractivity contribution in [1.82, 2.24) is 5.32 Å². The van der Waals surface area contributed by atoms with Crippen LogP contribution in [0.1, 0.15) is 31.2 Å². The molecule has 0 fully saturated rings. The van der Waals surface area contributed by atoms with E-state index in [1.807, 2.05) is 19.1 Å². The summed E-state index contributed by atoms with van der Waals surface area (Å²) in [5, 5.41) is 3.35. The fourth-order valence-corrected chi connectivity index (χ4v) is 1.97. The van der Waals surface area contributed by atoms with Gasteiger partial charge in [-0.3, -0.25) is 0 Å². The van der Waals surface area contributed by atoms with E-state index in [4.69, 9.17) is 4.74 Å². The Kier molecular flexibility index (Phi) is 3.88. The van der Waals surface area contributed by atoms with Gasteiger partial charge in [-0.05, 0) is 31.1 Å². The third-order valence-corrected chi connectivity index (χ3v) is 3.01. The van der Waals surface area contributed by atoms with E-state index < -0.39 is 0 Å². The molecule has 0 radical (unpaired) electrons. The largest absolute Gasteiger partial charge is 0.464 e. The molecule has 2 heteroatoms. The summed E-state index contributed by atoms with van der Waals surface area (Å²) >= 11 is 0. The van der Waals surface area contributed by atoms with Gasteiger partial charge in [-0.15, -0.1) is 0 Å². The van der Waals surface area contributed by atoms with Gasteiger partial charge in [-0.2, -0.15) is 0 Å². The molecule has 0 saturated heterocycles. The summed E-state index contributed by atoms with van der Waals surface area (Å²) in [5.41, 5.74) is 3.45. The molecule has 0 aliphatic carbocycles. The molecule has 0 spiro atoms. The Balaban J connectivity index is 2.16. The lowest BCUT2D eigenvalue weighted by Crippen LogP contribution is -2.14. The molecule has 1 atom stereocenters. The number of hydrogen-bond acceptors (Lipinski definition) is 2. The maximum absolute atomic E-state index is 5.83. The minimum Gasteiger partial charge on any atom is -0.464 e. The summed E-state index contributed by atoms with van der Waals surface area (Å²) in [6.07, 6.45) is 6.66. The highest BCUT2D eigenvalue weighted by Gasteiger charge is 2.22. The van der Waals surface area contributed by atoms with Gasteiger partial charge in [0.1, 0.15) is 5.76 Å². The predicted octanol–water partition coefficient (Wildman–Crippen LogP) is 3.84. The zero-order valence-electron chi connectivity index (χ0n) is 10.9. The summed E-state index contributed by atoms with van der Waals surface area (Å²) in [5.74, 6) is 0.803. The first-order valence-corrected chi connectivity index (χ1v) is 6.30. The number of rotatable bonds is 4. The van der Waals surface area contributed by atoms with Gasteiger partial charge >= 0.3 is 0 Å². The topological polar surface area (TPSA) is 21.3 Å². The second kappa shape index (κ2) is 5.58. The van der Waals surface area contributed by atoms with Crippen LogP contribution in [0, 0.1) is 0 Å². The van der Waals surface area contributed by atoms with E-state index in [0.717, 1.165) is 23.4 Å². The monoisotopic (exact) mass is 241 g/mol. The second-order valence-electron chi connectivity index (χ2n) is 4.22. The Labute approximate surface area is 109 Å². The molecular formula is C16H19NO. The van der Waals surface area contributed by atoms with Gasteiger partial charge in [0, 0.05) is 5.56 Å². The van der Waals surface area contributed by atoms with Gasteiger partial charge in [0.15, 0.2) is 6.23 Å². The normalized spacial score (nSPS) is 18.9. The van der Waals surface area contributed by atoms with Crippen LogP contribution >= 0.6 is 0 Å². The molecule has 1 aliphatic heterocycles. The molecule has 2 nitrogen and oxygen atoms in total. The number of benzene rings is 1. The van der Waals surface area contributed by atoms with Crippen molar-refractivity contribution in [3.63, 3.8) is 0 Å². The fraction of sp³-hybridized carbons (Fsp3) is 0.250. The number of hydrogen-bond donors (Lipinski definition) is 1. The van der Waals surface area contributed by atoms with Gasteiger partial charge in [-0.25, -0.2) is 0 Å². The summed E-state index contributed by atoms with van der Waals surface area (Å²) in [4.78, 5) is 0. The van der Waals surface area contributed by atoms with Crippen LogP contribution in [0.3, 0.4) is 0 Å². The Hall–Kier alpha value is -1.96. The van der Waals surface area contributed by atoms with E-state index in [0.29, 0.717) is 0 Å². The van der Waals surface area contributed by atoms with Crippen LogP contribution in [0.5, 0.6) is 0 Å². The van der Waals surface area contributed by atoms with Crippen molar-refractivity contribution in [1.29, 1.82) is 0 Å². The lowest BCUT2D eigenvalue weighted by atomic mass is 10.1. The number of allylic oxidation sites excluding steroid dienone is 3. The first-order valence-electron chi connectivity index (χ1n) is 6.30. The highest BCUT2D eigenvalue weighted by molar-refractivity contribution is 5.34. The smallest absolute Gasteiger partial charge is 0.196 e. The van der Waals surface area contributed by atoms with Crippen LogP contribution in [0.15, 0.2) is 60.5 Å². The van der Waals surface area contributed by atoms with E-state index in [-0.39, 0.29) is 6.23 Å². The fourth-order valence-electron chi connectivity index (χ4n) is 1.97. The average molecular weight is 241 g/mol. The van der Waals surface area contributed by atoms with Gasteiger partial charge in [0.25, 0.3) is 0 Å². The SMILES string of the molecule is C=CC1=C(/C=C\C)NC(c2ccc(CC)cc2)O1. The molecule has 1 N–H and O–H groups in total. The van der Waals surface area contributed by atoms with Gasteiger partial charge < -0.3 is 10.1 Å². The summed E-state index contributed by atoms with van der Waals surface area (Å²) < 4.78 is 5.83. The van der Waals surface area contributed by atoms with Crippen LogP contribution in [0.4, 0.5) is 0 Å².